The third-order valence-corrected chi connectivity index (χ3v) is 8.85. The van der Waals surface area contributed by atoms with Crippen molar-refractivity contribution in [3.63, 3.8) is 0 Å². The molecule has 0 aromatic rings. The molecule has 0 heterocycles. The fraction of sp³-hybridized carbons (Fsp3) is 0.769. The van der Waals surface area contributed by atoms with Gasteiger partial charge in [-0.1, -0.05) is 51.5 Å². The van der Waals surface area contributed by atoms with E-state index in [4.69, 9.17) is 13.3 Å². The highest BCUT2D eigenvalue weighted by molar-refractivity contribution is 6.60. The molecule has 0 saturated carbocycles. The van der Waals surface area contributed by atoms with E-state index in [9.17, 15) is 14.7 Å². The predicted molar refractivity (Wildman–Crippen MR) is 143 cm³/mol. The van der Waals surface area contributed by atoms with E-state index in [1.54, 1.807) is 0 Å². The van der Waals surface area contributed by atoms with E-state index >= 15 is 0 Å². The first kappa shape index (κ1) is 33.5. The second kappa shape index (κ2) is 18.7. The van der Waals surface area contributed by atoms with Gasteiger partial charge in [0.05, 0.1) is 18.8 Å². The Hall–Kier alpha value is -1.52. The molecule has 2 unspecified atom stereocenters. The molecule has 0 aromatic carbocycles. The lowest BCUT2D eigenvalue weighted by Gasteiger charge is -2.28. The van der Waals surface area contributed by atoms with Crippen LogP contribution in [0.15, 0.2) is 24.3 Å². The maximum atomic E-state index is 12.6. The molecule has 3 N–H and O–H groups in total. The van der Waals surface area contributed by atoms with Gasteiger partial charge < -0.3 is 23.7 Å². The minimum atomic E-state index is -2.85. The van der Waals surface area contributed by atoms with E-state index < -0.39 is 20.7 Å². The van der Waals surface area contributed by atoms with Gasteiger partial charge in [-0.3, -0.25) is 14.9 Å². The van der Waals surface area contributed by atoms with Crippen molar-refractivity contribution < 1.29 is 28.0 Å². The summed E-state index contributed by atoms with van der Waals surface area (Å²) in [6.07, 6.45) is 11.9. The molecule has 35 heavy (non-hydrogen) atoms. The van der Waals surface area contributed by atoms with Crippen LogP contribution in [0, 0.1) is 17.3 Å². The van der Waals surface area contributed by atoms with Crippen molar-refractivity contribution in [2.24, 2.45) is 17.3 Å². The molecule has 0 aromatic heterocycles. The molecule has 0 rings (SSSR count). The molecule has 1 amide bonds. The molecule has 2 atom stereocenters. The van der Waals surface area contributed by atoms with Gasteiger partial charge in [-0.15, -0.1) is 0 Å². The number of carboxylic acid groups (broad SMARTS) is 1. The summed E-state index contributed by atoms with van der Waals surface area (Å²) in [5.74, 6) is -2.26. The largest absolute Gasteiger partial charge is 0.515 e. The van der Waals surface area contributed by atoms with Crippen LogP contribution in [0.3, 0.4) is 0 Å². The fourth-order valence-electron chi connectivity index (χ4n) is 3.64. The van der Waals surface area contributed by atoms with E-state index in [1.807, 2.05) is 39.8 Å². The lowest BCUT2D eigenvalue weighted by molar-refractivity contribution is -0.145. The number of carbonyl (C=O) groups excluding carboxylic acids is 1. The summed E-state index contributed by atoms with van der Waals surface area (Å²) < 4.78 is 17.3. The predicted octanol–water partition coefficient (Wildman–Crippen LogP) is 4.68. The maximum Gasteiger partial charge on any atom is 0.515 e. The Bertz CT molecular complexity index is 637. The summed E-state index contributed by atoms with van der Waals surface area (Å²) in [4.78, 5) is 24.5. The first-order valence-electron chi connectivity index (χ1n) is 13.0. The van der Waals surface area contributed by atoms with E-state index in [-0.39, 0.29) is 30.3 Å². The minimum absolute atomic E-state index is 0.0798. The van der Waals surface area contributed by atoms with Gasteiger partial charge in [0.2, 0.25) is 5.91 Å². The molecule has 0 aliphatic rings. The van der Waals surface area contributed by atoms with Gasteiger partial charge in [0, 0.05) is 26.2 Å². The highest BCUT2D eigenvalue weighted by atomic mass is 28.4. The number of hydrogen-bond acceptors (Lipinski definition) is 6. The third kappa shape index (κ3) is 14.6. The lowest BCUT2D eigenvalue weighted by atomic mass is 9.84. The molecular weight excluding hydrogens is 464 g/mol. The number of allylic oxidation sites excluding steroid dienone is 4. The molecule has 0 saturated heterocycles. The van der Waals surface area contributed by atoms with Crippen molar-refractivity contribution in [1.82, 2.24) is 10.6 Å². The van der Waals surface area contributed by atoms with E-state index in [0.29, 0.717) is 32.4 Å². The van der Waals surface area contributed by atoms with Crippen LogP contribution in [0.25, 0.3) is 0 Å². The van der Waals surface area contributed by atoms with Gasteiger partial charge >= 0.3 is 14.8 Å². The van der Waals surface area contributed by atoms with E-state index in [0.717, 1.165) is 19.3 Å². The molecule has 204 valence electrons. The van der Waals surface area contributed by atoms with Gasteiger partial charge in [-0.25, -0.2) is 0 Å². The SMILES string of the molecule is C/C=C/C(CC/C=C/CC(C)(C)CC)C(CC(=O)NCNC[Si](OCC)(OCC)OCC)C(=O)O. The Kier molecular flexibility index (Phi) is 17.9. The van der Waals surface area contributed by atoms with Crippen LogP contribution >= 0.6 is 0 Å². The number of hydrogen-bond donors (Lipinski definition) is 3. The number of nitrogens with one attached hydrogen (secondary N) is 2. The van der Waals surface area contributed by atoms with Gasteiger partial charge in [0.25, 0.3) is 0 Å². The van der Waals surface area contributed by atoms with Crippen molar-refractivity contribution in [3.8, 4) is 0 Å². The number of carboxylic acids is 1. The second-order valence-corrected chi connectivity index (χ2v) is 11.9. The summed E-state index contributed by atoms with van der Waals surface area (Å²) in [7, 11) is -2.85. The van der Waals surface area contributed by atoms with E-state index in [1.165, 1.54) is 0 Å². The van der Waals surface area contributed by atoms with Gasteiger partial charge in [0.15, 0.2) is 0 Å². The normalized spacial score (nSPS) is 14.5. The van der Waals surface area contributed by atoms with Gasteiger partial charge in [-0.2, -0.15) is 0 Å². The molecule has 0 spiro atoms. The van der Waals surface area contributed by atoms with Crippen LogP contribution in [0.5, 0.6) is 0 Å². The Morgan fingerprint density at radius 2 is 1.63 bits per heavy atom. The zero-order valence-corrected chi connectivity index (χ0v) is 24.0. The number of carbonyl (C=O) groups is 2. The van der Waals surface area contributed by atoms with Crippen molar-refractivity contribution >= 4 is 20.7 Å². The summed E-state index contributed by atoms with van der Waals surface area (Å²) in [6.45, 7) is 15.8. The quantitative estimate of drug-likeness (QED) is 0.0883. The van der Waals surface area contributed by atoms with Crippen LogP contribution in [-0.4, -0.2) is 58.4 Å². The zero-order chi connectivity index (χ0) is 26.7. The number of aliphatic carboxylic acids is 1. The highest BCUT2D eigenvalue weighted by Gasteiger charge is 2.40. The number of rotatable bonds is 21. The van der Waals surface area contributed by atoms with E-state index in [2.05, 4.69) is 43.6 Å². The Balaban J connectivity index is 4.86. The molecule has 0 aliphatic heterocycles. The molecular formula is C26H50N2O6Si. The van der Waals surface area contributed by atoms with Gasteiger partial charge in [-0.05, 0) is 58.3 Å². The van der Waals surface area contributed by atoms with Crippen molar-refractivity contribution in [2.75, 3.05) is 32.7 Å². The van der Waals surface area contributed by atoms with Crippen molar-refractivity contribution in [2.45, 2.75) is 80.6 Å². The summed E-state index contributed by atoms with van der Waals surface area (Å²) in [6, 6.07) is 0. The van der Waals surface area contributed by atoms with Gasteiger partial charge in [0.1, 0.15) is 0 Å². The van der Waals surface area contributed by atoms with Crippen molar-refractivity contribution in [3.05, 3.63) is 24.3 Å². The summed E-state index contributed by atoms with van der Waals surface area (Å²) >= 11 is 0. The summed E-state index contributed by atoms with van der Waals surface area (Å²) in [5.41, 5.74) is 0.269. The van der Waals surface area contributed by atoms with Crippen LogP contribution in [0.1, 0.15) is 80.6 Å². The Morgan fingerprint density at radius 1 is 1.03 bits per heavy atom. The van der Waals surface area contributed by atoms with Crippen LogP contribution in [0.2, 0.25) is 0 Å². The monoisotopic (exact) mass is 514 g/mol. The molecule has 9 heteroatoms. The Morgan fingerprint density at radius 3 is 2.11 bits per heavy atom. The third-order valence-electron chi connectivity index (χ3n) is 5.98. The molecule has 8 nitrogen and oxygen atoms in total. The van der Waals surface area contributed by atoms with Crippen LogP contribution in [-0.2, 0) is 22.9 Å². The minimum Gasteiger partial charge on any atom is -0.481 e. The van der Waals surface area contributed by atoms with Crippen LogP contribution in [0.4, 0.5) is 0 Å². The highest BCUT2D eigenvalue weighted by Crippen LogP contribution is 2.26. The number of amides is 1. The molecule has 0 fully saturated rings. The Labute approximate surface area is 214 Å². The fourth-order valence-corrected chi connectivity index (χ4v) is 5.95. The standard InChI is InChI=1S/C26H50N2O6Si/c1-8-16-22(17-14-13-15-18-26(6,7)9-2)23(25(30)31)19-24(29)28-20-27-21-35(32-10-3,33-11-4)34-12-5/h8,13,15-16,22-23,27H,9-12,14,17-21H2,1-7H3,(H,28,29)(H,30,31)/b15-13+,16-8+. The maximum absolute atomic E-state index is 12.6. The average molecular weight is 515 g/mol. The molecule has 0 radical (unpaired) electrons. The van der Waals surface area contributed by atoms with Crippen molar-refractivity contribution in [1.29, 1.82) is 0 Å². The second-order valence-electron chi connectivity index (χ2n) is 9.29. The molecule has 0 bridgehead atoms. The smallest absolute Gasteiger partial charge is 0.481 e. The first-order valence-corrected chi connectivity index (χ1v) is 14.9. The lowest BCUT2D eigenvalue weighted by Crippen LogP contribution is -2.55. The topological polar surface area (TPSA) is 106 Å². The average Bonchev–Trinajstić information content (AvgIpc) is 2.80. The first-order chi connectivity index (χ1) is 16.6. The zero-order valence-electron chi connectivity index (χ0n) is 23.0. The summed E-state index contributed by atoms with van der Waals surface area (Å²) in [5, 5.41) is 15.7. The molecule has 0 aliphatic carbocycles. The van der Waals surface area contributed by atoms with Crippen LogP contribution < -0.4 is 10.6 Å².